The summed E-state index contributed by atoms with van der Waals surface area (Å²) in [6, 6.07) is 8.78. The Balaban J connectivity index is 2.36. The third-order valence-electron chi connectivity index (χ3n) is 2.75. The van der Waals surface area contributed by atoms with Gasteiger partial charge in [-0.1, -0.05) is 62.6 Å². The summed E-state index contributed by atoms with van der Waals surface area (Å²) in [6.45, 7) is 2.86. The van der Waals surface area contributed by atoms with E-state index in [1.165, 1.54) is 43.2 Å². The van der Waals surface area contributed by atoms with E-state index in [0.717, 1.165) is 0 Å². The van der Waals surface area contributed by atoms with Gasteiger partial charge in [0.1, 0.15) is 0 Å². The van der Waals surface area contributed by atoms with Gasteiger partial charge in [0, 0.05) is 6.54 Å². The second kappa shape index (κ2) is 8.12. The summed E-state index contributed by atoms with van der Waals surface area (Å²) in [5.41, 5.74) is 8.10. The molecule has 0 saturated carbocycles. The normalized spacial score (nSPS) is 11.1. The fraction of sp³-hybridized carbons (Fsp3) is 0.467. The number of nitrogens with two attached hydrogens (primary N) is 1. The summed E-state index contributed by atoms with van der Waals surface area (Å²) in [7, 11) is 0. The van der Waals surface area contributed by atoms with Crippen molar-refractivity contribution in [2.75, 3.05) is 6.54 Å². The molecule has 0 atom stereocenters. The molecule has 1 rings (SSSR count). The van der Waals surface area contributed by atoms with E-state index in [1.807, 2.05) is 6.08 Å². The van der Waals surface area contributed by atoms with Crippen molar-refractivity contribution < 1.29 is 0 Å². The summed E-state index contributed by atoms with van der Waals surface area (Å²) in [4.78, 5) is 0. The highest BCUT2D eigenvalue weighted by molar-refractivity contribution is 5.49. The molecule has 0 aliphatic heterocycles. The molecular formula is C15H23N. The van der Waals surface area contributed by atoms with Crippen molar-refractivity contribution in [3.63, 3.8) is 0 Å². The van der Waals surface area contributed by atoms with E-state index < -0.39 is 0 Å². The molecule has 1 nitrogen and oxygen atoms in total. The summed E-state index contributed by atoms with van der Waals surface area (Å²) in [5.74, 6) is 0. The van der Waals surface area contributed by atoms with E-state index in [1.54, 1.807) is 0 Å². The molecule has 1 aromatic carbocycles. The third-order valence-corrected chi connectivity index (χ3v) is 2.75. The van der Waals surface area contributed by atoms with Crippen LogP contribution >= 0.6 is 0 Å². The summed E-state index contributed by atoms with van der Waals surface area (Å²) in [5, 5.41) is 0. The smallest absolute Gasteiger partial charge is 0.0110 e. The zero-order valence-corrected chi connectivity index (χ0v) is 10.3. The van der Waals surface area contributed by atoms with Crippen LogP contribution in [0, 0.1) is 0 Å². The van der Waals surface area contributed by atoms with Gasteiger partial charge in [-0.15, -0.1) is 0 Å². The SMILES string of the molecule is CCCCCCc1ccc(C=CCN)cc1. The van der Waals surface area contributed by atoms with Gasteiger partial charge >= 0.3 is 0 Å². The Morgan fingerprint density at radius 1 is 1.06 bits per heavy atom. The Hall–Kier alpha value is -1.08. The van der Waals surface area contributed by atoms with Gasteiger partial charge in [-0.05, 0) is 24.0 Å². The summed E-state index contributed by atoms with van der Waals surface area (Å²) >= 11 is 0. The highest BCUT2D eigenvalue weighted by Gasteiger charge is 1.93. The van der Waals surface area contributed by atoms with Crippen LogP contribution in [0.4, 0.5) is 0 Å². The van der Waals surface area contributed by atoms with Gasteiger partial charge in [0.25, 0.3) is 0 Å². The van der Waals surface area contributed by atoms with Gasteiger partial charge in [0.05, 0.1) is 0 Å². The van der Waals surface area contributed by atoms with Crippen LogP contribution in [0.15, 0.2) is 30.3 Å². The van der Waals surface area contributed by atoms with Gasteiger partial charge in [-0.3, -0.25) is 0 Å². The van der Waals surface area contributed by atoms with Gasteiger partial charge in [-0.25, -0.2) is 0 Å². The second-order valence-corrected chi connectivity index (χ2v) is 4.19. The lowest BCUT2D eigenvalue weighted by atomic mass is 10.0. The minimum Gasteiger partial charge on any atom is -0.327 e. The number of hydrogen-bond donors (Lipinski definition) is 1. The zero-order chi connectivity index (χ0) is 11.6. The number of aryl methyl sites for hydroxylation is 1. The highest BCUT2D eigenvalue weighted by Crippen LogP contribution is 2.10. The van der Waals surface area contributed by atoms with E-state index >= 15 is 0 Å². The van der Waals surface area contributed by atoms with E-state index in [0.29, 0.717) is 6.54 Å². The maximum absolute atomic E-state index is 5.41. The molecule has 0 aromatic heterocycles. The van der Waals surface area contributed by atoms with Gasteiger partial charge in [0.15, 0.2) is 0 Å². The van der Waals surface area contributed by atoms with Crippen LogP contribution in [0.5, 0.6) is 0 Å². The topological polar surface area (TPSA) is 26.0 Å². The van der Waals surface area contributed by atoms with Crippen LogP contribution in [-0.4, -0.2) is 6.54 Å². The lowest BCUT2D eigenvalue weighted by Crippen LogP contribution is -1.92. The molecule has 0 aliphatic rings. The number of unbranched alkanes of at least 4 members (excludes halogenated alkanes) is 3. The molecule has 0 saturated heterocycles. The first-order valence-corrected chi connectivity index (χ1v) is 6.32. The van der Waals surface area contributed by atoms with E-state index in [2.05, 4.69) is 37.3 Å². The van der Waals surface area contributed by atoms with E-state index in [9.17, 15) is 0 Å². The first-order chi connectivity index (χ1) is 7.86. The Labute approximate surface area is 99.4 Å². The van der Waals surface area contributed by atoms with Gasteiger partial charge in [0.2, 0.25) is 0 Å². The van der Waals surface area contributed by atoms with Gasteiger partial charge < -0.3 is 5.73 Å². The number of hydrogen-bond acceptors (Lipinski definition) is 1. The number of benzene rings is 1. The van der Waals surface area contributed by atoms with E-state index in [4.69, 9.17) is 5.73 Å². The Morgan fingerprint density at radius 3 is 2.44 bits per heavy atom. The van der Waals surface area contributed by atoms with Crippen LogP contribution in [0.2, 0.25) is 0 Å². The number of rotatable bonds is 7. The first kappa shape index (κ1) is 13.0. The quantitative estimate of drug-likeness (QED) is 0.691. The largest absolute Gasteiger partial charge is 0.327 e. The highest BCUT2D eigenvalue weighted by atomic mass is 14.5. The monoisotopic (exact) mass is 217 g/mol. The Morgan fingerprint density at radius 2 is 1.81 bits per heavy atom. The fourth-order valence-electron chi connectivity index (χ4n) is 1.76. The Kier molecular flexibility index (Phi) is 6.59. The van der Waals surface area contributed by atoms with Crippen LogP contribution in [0.25, 0.3) is 6.08 Å². The van der Waals surface area contributed by atoms with Crippen molar-refractivity contribution >= 4 is 6.08 Å². The molecule has 88 valence electrons. The third kappa shape index (κ3) is 5.13. The molecule has 0 spiro atoms. The molecule has 0 bridgehead atoms. The standard InChI is InChI=1S/C15H23N/c1-2-3-4-5-7-14-9-11-15(12-10-14)8-6-13-16/h6,8-12H,2-5,7,13,16H2,1H3. The maximum Gasteiger partial charge on any atom is 0.0110 e. The molecule has 1 aromatic rings. The Bertz CT molecular complexity index is 298. The maximum atomic E-state index is 5.41. The predicted molar refractivity (Wildman–Crippen MR) is 72.4 cm³/mol. The molecule has 0 heterocycles. The van der Waals surface area contributed by atoms with Crippen molar-refractivity contribution in [1.82, 2.24) is 0 Å². The molecule has 0 aliphatic carbocycles. The van der Waals surface area contributed by atoms with Crippen molar-refractivity contribution in [3.05, 3.63) is 41.5 Å². The molecule has 0 amide bonds. The van der Waals surface area contributed by atoms with Gasteiger partial charge in [-0.2, -0.15) is 0 Å². The predicted octanol–water partition coefficient (Wildman–Crippen LogP) is 3.78. The lowest BCUT2D eigenvalue weighted by molar-refractivity contribution is 0.667. The molecule has 16 heavy (non-hydrogen) atoms. The first-order valence-electron chi connectivity index (χ1n) is 6.32. The van der Waals surface area contributed by atoms with Crippen LogP contribution < -0.4 is 5.73 Å². The summed E-state index contributed by atoms with van der Waals surface area (Å²) < 4.78 is 0. The minimum absolute atomic E-state index is 0.610. The second-order valence-electron chi connectivity index (χ2n) is 4.19. The average molecular weight is 217 g/mol. The van der Waals surface area contributed by atoms with E-state index in [-0.39, 0.29) is 0 Å². The van der Waals surface area contributed by atoms with Crippen LogP contribution in [0.3, 0.4) is 0 Å². The molecular weight excluding hydrogens is 194 g/mol. The zero-order valence-electron chi connectivity index (χ0n) is 10.3. The molecule has 0 unspecified atom stereocenters. The molecule has 0 fully saturated rings. The van der Waals surface area contributed by atoms with Crippen molar-refractivity contribution in [2.24, 2.45) is 5.73 Å². The average Bonchev–Trinajstić information content (AvgIpc) is 2.33. The minimum atomic E-state index is 0.610. The van der Waals surface area contributed by atoms with Crippen molar-refractivity contribution in [3.8, 4) is 0 Å². The fourth-order valence-corrected chi connectivity index (χ4v) is 1.76. The van der Waals surface area contributed by atoms with Crippen LogP contribution in [0.1, 0.15) is 43.7 Å². The molecule has 0 radical (unpaired) electrons. The summed E-state index contributed by atoms with van der Waals surface area (Å²) in [6.07, 6.45) is 10.6. The van der Waals surface area contributed by atoms with Crippen molar-refractivity contribution in [1.29, 1.82) is 0 Å². The lowest BCUT2D eigenvalue weighted by Gasteiger charge is -2.01. The van der Waals surface area contributed by atoms with Crippen molar-refractivity contribution in [2.45, 2.75) is 39.0 Å². The molecule has 2 N–H and O–H groups in total. The van der Waals surface area contributed by atoms with Crippen LogP contribution in [-0.2, 0) is 6.42 Å². The molecule has 1 heteroatoms.